The summed E-state index contributed by atoms with van der Waals surface area (Å²) in [5, 5.41) is 4.63. The number of fused-ring (bicyclic) bond motifs is 1. The van der Waals surface area contributed by atoms with Crippen molar-refractivity contribution in [2.75, 3.05) is 13.1 Å². The van der Waals surface area contributed by atoms with E-state index in [-0.39, 0.29) is 23.6 Å². The van der Waals surface area contributed by atoms with E-state index in [0.717, 1.165) is 48.5 Å². The molecular formula is C24H36N6O2. The summed E-state index contributed by atoms with van der Waals surface area (Å²) < 4.78 is 1.97. The van der Waals surface area contributed by atoms with Crippen LogP contribution in [0.3, 0.4) is 0 Å². The fourth-order valence-electron chi connectivity index (χ4n) is 5.06. The Hall–Kier alpha value is -2.48. The predicted octanol–water partition coefficient (Wildman–Crippen LogP) is 2.97. The lowest BCUT2D eigenvalue weighted by molar-refractivity contribution is -0.133. The van der Waals surface area contributed by atoms with Gasteiger partial charge < -0.3 is 9.88 Å². The Labute approximate surface area is 190 Å². The molecule has 8 nitrogen and oxygen atoms in total. The number of hydrogen-bond donors (Lipinski definition) is 1. The molecule has 0 spiro atoms. The number of aryl methyl sites for hydroxylation is 1. The van der Waals surface area contributed by atoms with Gasteiger partial charge >= 0.3 is 0 Å². The Kier molecular flexibility index (Phi) is 6.25. The summed E-state index contributed by atoms with van der Waals surface area (Å²) in [6.07, 6.45) is 2.86. The molecule has 2 aromatic rings. The minimum Gasteiger partial charge on any atom is -0.332 e. The van der Waals surface area contributed by atoms with Crippen molar-refractivity contribution in [3.05, 3.63) is 44.4 Å². The monoisotopic (exact) mass is 440 g/mol. The first-order valence-electron chi connectivity index (χ1n) is 11.8. The summed E-state index contributed by atoms with van der Waals surface area (Å²) >= 11 is 0. The normalized spacial score (nSPS) is 20.1. The first-order valence-corrected chi connectivity index (χ1v) is 11.8. The second-order valence-corrected chi connectivity index (χ2v) is 9.73. The number of aromatic nitrogens is 4. The van der Waals surface area contributed by atoms with E-state index in [1.807, 2.05) is 23.4 Å². The van der Waals surface area contributed by atoms with E-state index in [4.69, 9.17) is 4.98 Å². The molecule has 0 aromatic carbocycles. The SMILES string of the molecule is Cc1nn(C(C)CC(=O)N2CCCC2c2nc3c(c(=O)[nH]2)CCN(C(C)C)C3)c(C)c1C. The molecule has 1 saturated heterocycles. The molecule has 4 rings (SSSR count). The molecule has 32 heavy (non-hydrogen) atoms. The van der Waals surface area contributed by atoms with Crippen molar-refractivity contribution in [3.63, 3.8) is 0 Å². The van der Waals surface area contributed by atoms with Crippen molar-refractivity contribution in [3.8, 4) is 0 Å². The van der Waals surface area contributed by atoms with Crippen LogP contribution in [0, 0.1) is 20.8 Å². The van der Waals surface area contributed by atoms with Crippen molar-refractivity contribution < 1.29 is 4.79 Å². The highest BCUT2D eigenvalue weighted by Crippen LogP contribution is 2.32. The standard InChI is InChI=1S/C24H36N6O2/c1-14(2)28-11-9-19-20(13-28)25-23(26-24(19)32)21-8-7-10-29(21)22(31)12-15(3)30-18(6)16(4)17(5)27-30/h14-15,21H,7-13H2,1-6H3,(H,25,26,32). The third-order valence-corrected chi connectivity index (χ3v) is 7.31. The molecule has 2 aliphatic rings. The lowest BCUT2D eigenvalue weighted by Crippen LogP contribution is -2.40. The quantitative estimate of drug-likeness (QED) is 0.772. The molecule has 1 amide bonds. The summed E-state index contributed by atoms with van der Waals surface area (Å²) in [5.41, 5.74) is 4.92. The first kappa shape index (κ1) is 22.7. The third-order valence-electron chi connectivity index (χ3n) is 7.31. The highest BCUT2D eigenvalue weighted by Gasteiger charge is 2.34. The number of nitrogens with one attached hydrogen (secondary N) is 1. The van der Waals surface area contributed by atoms with Gasteiger partial charge in [0.15, 0.2) is 0 Å². The predicted molar refractivity (Wildman–Crippen MR) is 124 cm³/mol. The number of nitrogens with zero attached hydrogens (tertiary/aromatic N) is 5. The van der Waals surface area contributed by atoms with E-state index in [1.54, 1.807) is 0 Å². The smallest absolute Gasteiger partial charge is 0.254 e. The molecule has 2 aliphatic heterocycles. The topological polar surface area (TPSA) is 87.1 Å². The number of hydrogen-bond acceptors (Lipinski definition) is 5. The molecule has 1 N–H and O–H groups in total. The van der Waals surface area contributed by atoms with Gasteiger partial charge in [-0.15, -0.1) is 0 Å². The van der Waals surface area contributed by atoms with Crippen molar-refractivity contribution >= 4 is 5.91 Å². The number of carbonyl (C=O) groups is 1. The number of carbonyl (C=O) groups excluding carboxylic acids is 1. The van der Waals surface area contributed by atoms with Crippen molar-refractivity contribution in [1.29, 1.82) is 0 Å². The Morgan fingerprint density at radius 3 is 2.59 bits per heavy atom. The molecule has 0 radical (unpaired) electrons. The van der Waals surface area contributed by atoms with Crippen LogP contribution in [0.2, 0.25) is 0 Å². The first-order chi connectivity index (χ1) is 15.2. The summed E-state index contributed by atoms with van der Waals surface area (Å²) in [4.78, 5) is 38.2. The summed E-state index contributed by atoms with van der Waals surface area (Å²) in [7, 11) is 0. The van der Waals surface area contributed by atoms with Crippen LogP contribution in [0.25, 0.3) is 0 Å². The maximum absolute atomic E-state index is 13.3. The van der Waals surface area contributed by atoms with Gasteiger partial charge in [-0.05, 0) is 66.4 Å². The third kappa shape index (κ3) is 4.12. The van der Waals surface area contributed by atoms with E-state index >= 15 is 0 Å². The molecular weight excluding hydrogens is 404 g/mol. The van der Waals surface area contributed by atoms with Crippen LogP contribution in [0.5, 0.6) is 0 Å². The van der Waals surface area contributed by atoms with E-state index in [9.17, 15) is 9.59 Å². The van der Waals surface area contributed by atoms with Crippen LogP contribution < -0.4 is 5.56 Å². The number of aromatic amines is 1. The average molecular weight is 441 g/mol. The molecule has 174 valence electrons. The minimum atomic E-state index is -0.163. The molecule has 2 atom stereocenters. The van der Waals surface area contributed by atoms with Crippen LogP contribution in [0.4, 0.5) is 0 Å². The largest absolute Gasteiger partial charge is 0.332 e. The molecule has 2 unspecified atom stereocenters. The number of H-pyrrole nitrogens is 1. The van der Waals surface area contributed by atoms with Gasteiger partial charge in [-0.3, -0.25) is 19.2 Å². The van der Waals surface area contributed by atoms with Gasteiger partial charge in [-0.1, -0.05) is 0 Å². The average Bonchev–Trinajstić information content (AvgIpc) is 3.34. The fraction of sp³-hybridized carbons (Fsp3) is 0.667. The Morgan fingerprint density at radius 1 is 1.19 bits per heavy atom. The second kappa shape index (κ2) is 8.81. The fourth-order valence-corrected chi connectivity index (χ4v) is 5.06. The molecule has 0 aliphatic carbocycles. The Morgan fingerprint density at radius 2 is 1.94 bits per heavy atom. The van der Waals surface area contributed by atoms with E-state index in [0.29, 0.717) is 31.4 Å². The van der Waals surface area contributed by atoms with Crippen LogP contribution in [-0.4, -0.2) is 54.6 Å². The minimum absolute atomic E-state index is 0.0220. The van der Waals surface area contributed by atoms with Gasteiger partial charge in [0.1, 0.15) is 5.82 Å². The van der Waals surface area contributed by atoms with Gasteiger partial charge in [0.2, 0.25) is 5.91 Å². The van der Waals surface area contributed by atoms with Crippen molar-refractivity contribution in [2.24, 2.45) is 0 Å². The van der Waals surface area contributed by atoms with Crippen LogP contribution in [0.15, 0.2) is 4.79 Å². The molecule has 0 bridgehead atoms. The van der Waals surface area contributed by atoms with Crippen LogP contribution in [-0.2, 0) is 17.8 Å². The zero-order chi connectivity index (χ0) is 23.2. The molecule has 8 heteroatoms. The van der Waals surface area contributed by atoms with E-state index in [1.165, 1.54) is 5.56 Å². The second-order valence-electron chi connectivity index (χ2n) is 9.73. The van der Waals surface area contributed by atoms with Gasteiger partial charge in [0.25, 0.3) is 5.56 Å². The van der Waals surface area contributed by atoms with E-state index < -0.39 is 0 Å². The van der Waals surface area contributed by atoms with Crippen LogP contribution >= 0.6 is 0 Å². The summed E-state index contributed by atoms with van der Waals surface area (Å²) in [5.74, 6) is 0.731. The Balaban J connectivity index is 1.54. The van der Waals surface area contributed by atoms with Gasteiger partial charge in [0, 0.05) is 43.4 Å². The van der Waals surface area contributed by atoms with Crippen molar-refractivity contribution in [2.45, 2.75) is 91.9 Å². The number of amides is 1. The van der Waals surface area contributed by atoms with E-state index in [2.05, 4.69) is 42.7 Å². The van der Waals surface area contributed by atoms with Crippen LogP contribution in [0.1, 0.15) is 86.2 Å². The highest BCUT2D eigenvalue weighted by atomic mass is 16.2. The maximum Gasteiger partial charge on any atom is 0.254 e. The lowest BCUT2D eigenvalue weighted by Gasteiger charge is -2.32. The Bertz CT molecular complexity index is 1070. The zero-order valence-electron chi connectivity index (χ0n) is 20.2. The van der Waals surface area contributed by atoms with Gasteiger partial charge in [-0.2, -0.15) is 5.10 Å². The molecule has 4 heterocycles. The number of rotatable bonds is 5. The van der Waals surface area contributed by atoms with Gasteiger partial charge in [0.05, 0.1) is 23.5 Å². The zero-order valence-corrected chi connectivity index (χ0v) is 20.2. The molecule has 1 fully saturated rings. The lowest BCUT2D eigenvalue weighted by atomic mass is 10.0. The highest BCUT2D eigenvalue weighted by molar-refractivity contribution is 5.77. The maximum atomic E-state index is 13.3. The number of likely N-dealkylation sites (tertiary alicyclic amines) is 1. The summed E-state index contributed by atoms with van der Waals surface area (Å²) in [6, 6.07) is 0.229. The molecule has 2 aromatic heterocycles. The van der Waals surface area contributed by atoms with Crippen molar-refractivity contribution in [1.82, 2.24) is 29.5 Å². The van der Waals surface area contributed by atoms with Gasteiger partial charge in [-0.25, -0.2) is 4.98 Å². The summed E-state index contributed by atoms with van der Waals surface area (Å²) in [6.45, 7) is 14.8. The molecule has 0 saturated carbocycles.